The maximum absolute atomic E-state index is 13.9. The SMILES string of the molecule is CS(=O)(=O)CCNCc1cccc(/C(N)=N/O)c1F. The number of oxime groups is 1. The third-order valence-corrected chi connectivity index (χ3v) is 3.37. The van der Waals surface area contributed by atoms with E-state index in [4.69, 9.17) is 10.9 Å². The second-order valence-electron chi connectivity index (χ2n) is 4.07. The number of halogens is 1. The number of hydrogen-bond donors (Lipinski definition) is 3. The van der Waals surface area contributed by atoms with Gasteiger partial charge < -0.3 is 16.3 Å². The van der Waals surface area contributed by atoms with Crippen molar-refractivity contribution in [3.8, 4) is 0 Å². The summed E-state index contributed by atoms with van der Waals surface area (Å²) in [7, 11) is -3.04. The Bertz CT molecular complexity index is 573. The van der Waals surface area contributed by atoms with Crippen molar-refractivity contribution in [3.63, 3.8) is 0 Å². The van der Waals surface area contributed by atoms with Gasteiger partial charge in [0.05, 0.1) is 11.3 Å². The third-order valence-electron chi connectivity index (χ3n) is 2.43. The summed E-state index contributed by atoms with van der Waals surface area (Å²) in [6.07, 6.45) is 1.13. The van der Waals surface area contributed by atoms with Crippen LogP contribution in [0, 0.1) is 5.82 Å². The van der Waals surface area contributed by atoms with E-state index in [9.17, 15) is 12.8 Å². The minimum Gasteiger partial charge on any atom is -0.409 e. The van der Waals surface area contributed by atoms with E-state index >= 15 is 0 Å². The Morgan fingerprint density at radius 2 is 2.21 bits per heavy atom. The van der Waals surface area contributed by atoms with Gasteiger partial charge in [0.1, 0.15) is 15.7 Å². The van der Waals surface area contributed by atoms with Gasteiger partial charge >= 0.3 is 0 Å². The molecule has 1 aromatic rings. The molecule has 0 amide bonds. The minimum absolute atomic E-state index is 0.00455. The van der Waals surface area contributed by atoms with Crippen LogP contribution >= 0.6 is 0 Å². The highest BCUT2D eigenvalue weighted by Crippen LogP contribution is 2.12. The summed E-state index contributed by atoms with van der Waals surface area (Å²) in [6, 6.07) is 4.51. The Labute approximate surface area is 111 Å². The number of nitrogens with two attached hydrogens (primary N) is 1. The highest BCUT2D eigenvalue weighted by molar-refractivity contribution is 7.90. The fraction of sp³-hybridized carbons (Fsp3) is 0.364. The first kappa shape index (κ1) is 15.4. The largest absolute Gasteiger partial charge is 0.409 e. The molecular formula is C11H16FN3O3S. The molecule has 8 heteroatoms. The first-order valence-corrected chi connectivity index (χ1v) is 7.55. The van der Waals surface area contributed by atoms with E-state index in [0.717, 1.165) is 6.26 Å². The van der Waals surface area contributed by atoms with E-state index in [-0.39, 0.29) is 30.2 Å². The van der Waals surface area contributed by atoms with Gasteiger partial charge in [0, 0.05) is 24.9 Å². The average molecular weight is 289 g/mol. The number of rotatable bonds is 6. The molecule has 6 nitrogen and oxygen atoms in total. The van der Waals surface area contributed by atoms with Crippen LogP contribution in [-0.2, 0) is 16.4 Å². The van der Waals surface area contributed by atoms with Crippen molar-refractivity contribution in [2.75, 3.05) is 18.6 Å². The molecule has 0 saturated heterocycles. The minimum atomic E-state index is -3.04. The fourth-order valence-electron chi connectivity index (χ4n) is 1.45. The van der Waals surface area contributed by atoms with Crippen LogP contribution in [0.2, 0.25) is 0 Å². The van der Waals surface area contributed by atoms with Crippen molar-refractivity contribution in [3.05, 3.63) is 35.1 Å². The van der Waals surface area contributed by atoms with Gasteiger partial charge in [-0.3, -0.25) is 0 Å². The number of sulfone groups is 1. The third kappa shape index (κ3) is 4.84. The van der Waals surface area contributed by atoms with Crippen molar-refractivity contribution in [1.29, 1.82) is 0 Å². The highest BCUT2D eigenvalue weighted by atomic mass is 32.2. The first-order valence-electron chi connectivity index (χ1n) is 5.49. The summed E-state index contributed by atoms with van der Waals surface area (Å²) in [5.41, 5.74) is 5.66. The van der Waals surface area contributed by atoms with Crippen LogP contribution in [0.15, 0.2) is 23.4 Å². The molecule has 0 unspecified atom stereocenters. The summed E-state index contributed by atoms with van der Waals surface area (Å²) in [5.74, 6) is -0.922. The molecule has 0 aromatic heterocycles. The normalized spacial score (nSPS) is 12.6. The lowest BCUT2D eigenvalue weighted by atomic mass is 10.1. The number of amidine groups is 1. The van der Waals surface area contributed by atoms with Gasteiger partial charge in [-0.2, -0.15) is 0 Å². The van der Waals surface area contributed by atoms with Gasteiger partial charge in [0.2, 0.25) is 0 Å². The smallest absolute Gasteiger partial charge is 0.173 e. The lowest BCUT2D eigenvalue weighted by Gasteiger charge is -2.08. The van der Waals surface area contributed by atoms with Crippen molar-refractivity contribution in [2.45, 2.75) is 6.54 Å². The Kier molecular flexibility index (Phi) is 5.25. The molecule has 0 fully saturated rings. The van der Waals surface area contributed by atoms with E-state index in [0.29, 0.717) is 5.56 Å². The molecule has 0 aliphatic rings. The quantitative estimate of drug-likeness (QED) is 0.226. The summed E-state index contributed by atoms with van der Waals surface area (Å²) in [4.78, 5) is 0. The van der Waals surface area contributed by atoms with Crippen LogP contribution in [0.1, 0.15) is 11.1 Å². The molecule has 0 bridgehead atoms. The number of nitrogens with zero attached hydrogens (tertiary/aromatic N) is 1. The summed E-state index contributed by atoms with van der Waals surface area (Å²) < 4.78 is 35.8. The number of nitrogens with one attached hydrogen (secondary N) is 1. The molecule has 0 atom stereocenters. The van der Waals surface area contributed by atoms with E-state index < -0.39 is 15.7 Å². The molecular weight excluding hydrogens is 273 g/mol. The zero-order valence-electron chi connectivity index (χ0n) is 10.4. The second-order valence-corrected chi connectivity index (χ2v) is 6.33. The fourth-order valence-corrected chi connectivity index (χ4v) is 1.96. The molecule has 0 heterocycles. The van der Waals surface area contributed by atoms with Gasteiger partial charge in [-0.1, -0.05) is 17.3 Å². The summed E-state index contributed by atoms with van der Waals surface area (Å²) in [5, 5.41) is 14.1. The van der Waals surface area contributed by atoms with Gasteiger partial charge in [0.25, 0.3) is 0 Å². The van der Waals surface area contributed by atoms with Crippen molar-refractivity contribution < 1.29 is 18.0 Å². The molecule has 0 spiro atoms. The Hall–Kier alpha value is -1.67. The van der Waals surface area contributed by atoms with Crippen LogP contribution < -0.4 is 11.1 Å². The molecule has 0 aliphatic carbocycles. The summed E-state index contributed by atoms with van der Waals surface area (Å²) in [6.45, 7) is 0.389. The Balaban J connectivity index is 2.70. The number of benzene rings is 1. The predicted octanol–water partition coefficient (Wildman–Crippen LogP) is 0.0544. The molecule has 19 heavy (non-hydrogen) atoms. The van der Waals surface area contributed by atoms with Crippen LogP contribution in [0.3, 0.4) is 0 Å². The van der Waals surface area contributed by atoms with Crippen LogP contribution in [0.5, 0.6) is 0 Å². The number of hydrogen-bond acceptors (Lipinski definition) is 5. The second kappa shape index (κ2) is 6.48. The zero-order chi connectivity index (χ0) is 14.5. The lowest BCUT2D eigenvalue weighted by Crippen LogP contribution is -2.23. The highest BCUT2D eigenvalue weighted by Gasteiger charge is 2.11. The monoisotopic (exact) mass is 289 g/mol. The van der Waals surface area contributed by atoms with E-state index in [1.807, 2.05) is 0 Å². The van der Waals surface area contributed by atoms with Crippen LogP contribution in [0.4, 0.5) is 4.39 Å². The molecule has 0 radical (unpaired) electrons. The average Bonchev–Trinajstić information content (AvgIpc) is 2.34. The summed E-state index contributed by atoms with van der Waals surface area (Å²) >= 11 is 0. The lowest BCUT2D eigenvalue weighted by molar-refractivity contribution is 0.318. The van der Waals surface area contributed by atoms with Gasteiger partial charge in [0.15, 0.2) is 5.84 Å². The first-order chi connectivity index (χ1) is 8.85. The van der Waals surface area contributed by atoms with Crippen molar-refractivity contribution >= 4 is 15.7 Å². The van der Waals surface area contributed by atoms with Crippen LogP contribution in [-0.4, -0.2) is 38.0 Å². The van der Waals surface area contributed by atoms with Gasteiger partial charge in [-0.25, -0.2) is 12.8 Å². The van der Waals surface area contributed by atoms with Gasteiger partial charge in [-0.05, 0) is 6.07 Å². The Morgan fingerprint density at radius 3 is 2.79 bits per heavy atom. The van der Waals surface area contributed by atoms with Crippen LogP contribution in [0.25, 0.3) is 0 Å². The maximum Gasteiger partial charge on any atom is 0.173 e. The molecule has 1 aromatic carbocycles. The molecule has 106 valence electrons. The van der Waals surface area contributed by atoms with E-state index in [2.05, 4.69) is 10.5 Å². The standard InChI is InChI=1S/C11H16FN3O3S/c1-19(17,18)6-5-14-7-8-3-2-4-9(10(8)12)11(13)15-16/h2-4,14,16H,5-7H2,1H3,(H2,13,15). The Morgan fingerprint density at radius 1 is 1.53 bits per heavy atom. The predicted molar refractivity (Wildman–Crippen MR) is 70.3 cm³/mol. The van der Waals surface area contributed by atoms with Crippen molar-refractivity contribution in [1.82, 2.24) is 5.32 Å². The van der Waals surface area contributed by atoms with E-state index in [1.165, 1.54) is 12.1 Å². The van der Waals surface area contributed by atoms with Crippen molar-refractivity contribution in [2.24, 2.45) is 10.9 Å². The zero-order valence-corrected chi connectivity index (χ0v) is 11.2. The molecule has 4 N–H and O–H groups in total. The van der Waals surface area contributed by atoms with Gasteiger partial charge in [-0.15, -0.1) is 0 Å². The molecule has 0 saturated carbocycles. The molecule has 0 aliphatic heterocycles. The van der Waals surface area contributed by atoms with E-state index in [1.54, 1.807) is 6.07 Å². The maximum atomic E-state index is 13.9. The molecule has 1 rings (SSSR count). The topological polar surface area (TPSA) is 105 Å².